The average molecular weight is 490 g/mol. The van der Waals surface area contributed by atoms with E-state index in [0.717, 1.165) is 57.0 Å². The van der Waals surface area contributed by atoms with Gasteiger partial charge in [0.2, 0.25) is 5.91 Å². The van der Waals surface area contributed by atoms with Crippen molar-refractivity contribution in [1.82, 2.24) is 30.1 Å². The number of fused-ring (bicyclic) bond motifs is 2. The van der Waals surface area contributed by atoms with E-state index in [1.165, 1.54) is 12.1 Å². The van der Waals surface area contributed by atoms with Crippen LogP contribution in [0, 0.1) is 11.7 Å². The van der Waals surface area contributed by atoms with Crippen LogP contribution in [0.5, 0.6) is 0 Å². The van der Waals surface area contributed by atoms with Gasteiger partial charge in [-0.15, -0.1) is 0 Å². The van der Waals surface area contributed by atoms with Crippen molar-refractivity contribution in [1.29, 1.82) is 0 Å². The Labute approximate surface area is 210 Å². The van der Waals surface area contributed by atoms with Crippen molar-refractivity contribution in [3.8, 4) is 33.8 Å². The molecule has 8 nitrogen and oxygen atoms in total. The molecule has 1 aliphatic carbocycles. The smallest absolute Gasteiger partial charge is 0.227 e. The Bertz CT molecular complexity index is 1800. The summed E-state index contributed by atoms with van der Waals surface area (Å²) in [7, 11) is 0. The second-order valence-corrected chi connectivity index (χ2v) is 9.23. The molecule has 9 heteroatoms. The van der Waals surface area contributed by atoms with Crippen LogP contribution in [0.15, 0.2) is 73.3 Å². The molecule has 7 rings (SSSR count). The number of aromatic nitrogens is 6. The summed E-state index contributed by atoms with van der Waals surface area (Å²) in [6.45, 7) is 0. The van der Waals surface area contributed by atoms with E-state index < -0.39 is 0 Å². The normalized spacial score (nSPS) is 13.3. The fraction of sp³-hybridized carbons (Fsp3) is 0.107. The highest BCUT2D eigenvalue weighted by atomic mass is 19.1. The third kappa shape index (κ3) is 3.90. The zero-order valence-corrected chi connectivity index (χ0v) is 19.5. The van der Waals surface area contributed by atoms with Gasteiger partial charge in [-0.2, -0.15) is 5.10 Å². The number of carbonyl (C=O) groups excluding carboxylic acids is 1. The summed E-state index contributed by atoms with van der Waals surface area (Å²) in [6, 6.07) is 14.2. The number of nitrogens with zero attached hydrogens (tertiary/aromatic N) is 4. The van der Waals surface area contributed by atoms with Crippen molar-refractivity contribution in [3.05, 3.63) is 79.1 Å². The molecule has 4 heterocycles. The maximum absolute atomic E-state index is 13.5. The molecule has 0 unspecified atom stereocenters. The molecule has 180 valence electrons. The van der Waals surface area contributed by atoms with E-state index in [9.17, 15) is 9.18 Å². The topological polar surface area (TPSA) is 112 Å². The molecule has 6 aromatic rings. The molecule has 0 spiro atoms. The van der Waals surface area contributed by atoms with E-state index in [-0.39, 0.29) is 17.6 Å². The highest BCUT2D eigenvalue weighted by Crippen LogP contribution is 2.34. The number of imidazole rings is 1. The molecule has 2 aromatic carbocycles. The molecule has 3 N–H and O–H groups in total. The summed E-state index contributed by atoms with van der Waals surface area (Å²) < 4.78 is 13.5. The molecule has 1 aliphatic rings. The number of H-pyrrole nitrogens is 2. The van der Waals surface area contributed by atoms with Gasteiger partial charge < -0.3 is 10.3 Å². The first-order valence-electron chi connectivity index (χ1n) is 12.0. The minimum absolute atomic E-state index is 0.0471. The van der Waals surface area contributed by atoms with Gasteiger partial charge in [0.1, 0.15) is 11.5 Å². The van der Waals surface area contributed by atoms with Gasteiger partial charge >= 0.3 is 0 Å². The quantitative estimate of drug-likeness (QED) is 0.287. The Morgan fingerprint density at radius 2 is 1.70 bits per heavy atom. The molecule has 0 aliphatic heterocycles. The second kappa shape index (κ2) is 8.34. The molecule has 0 saturated heterocycles. The number of rotatable bonds is 5. The highest BCUT2D eigenvalue weighted by molar-refractivity contribution is 5.98. The molecule has 4 aromatic heterocycles. The van der Waals surface area contributed by atoms with Gasteiger partial charge in [-0.25, -0.2) is 9.37 Å². The van der Waals surface area contributed by atoms with Gasteiger partial charge in [0.05, 0.1) is 34.6 Å². The number of hydrogen-bond acceptors (Lipinski definition) is 5. The summed E-state index contributed by atoms with van der Waals surface area (Å²) in [5.41, 5.74) is 7.15. The van der Waals surface area contributed by atoms with Gasteiger partial charge in [0.25, 0.3) is 0 Å². The van der Waals surface area contributed by atoms with E-state index in [1.54, 1.807) is 36.9 Å². The van der Waals surface area contributed by atoms with Crippen LogP contribution in [0.1, 0.15) is 12.8 Å². The summed E-state index contributed by atoms with van der Waals surface area (Å²) in [6.07, 6.45) is 8.77. The lowest BCUT2D eigenvalue weighted by atomic mass is 10.0. The maximum Gasteiger partial charge on any atom is 0.227 e. The molecule has 1 saturated carbocycles. The van der Waals surface area contributed by atoms with Gasteiger partial charge in [-0.3, -0.25) is 19.9 Å². The highest BCUT2D eigenvalue weighted by Gasteiger charge is 2.29. The Hall–Kier alpha value is -4.92. The Balaban J connectivity index is 1.28. The zero-order valence-electron chi connectivity index (χ0n) is 19.5. The zero-order chi connectivity index (χ0) is 24.9. The first kappa shape index (κ1) is 21.4. The third-order valence-electron chi connectivity index (χ3n) is 6.62. The van der Waals surface area contributed by atoms with Gasteiger partial charge in [-0.05, 0) is 54.3 Å². The Kier molecular flexibility index (Phi) is 4.81. The first-order chi connectivity index (χ1) is 18.1. The third-order valence-corrected chi connectivity index (χ3v) is 6.62. The van der Waals surface area contributed by atoms with E-state index in [0.29, 0.717) is 17.2 Å². The van der Waals surface area contributed by atoms with Crippen LogP contribution in [0.3, 0.4) is 0 Å². The van der Waals surface area contributed by atoms with Crippen LogP contribution in [0.25, 0.3) is 55.7 Å². The van der Waals surface area contributed by atoms with E-state index in [2.05, 4.69) is 30.5 Å². The van der Waals surface area contributed by atoms with Crippen LogP contribution in [0.2, 0.25) is 0 Å². The summed E-state index contributed by atoms with van der Waals surface area (Å²) in [5, 5.41) is 11.5. The molecule has 37 heavy (non-hydrogen) atoms. The number of anilines is 1. The predicted molar refractivity (Wildman–Crippen MR) is 139 cm³/mol. The molecule has 0 atom stereocenters. The van der Waals surface area contributed by atoms with E-state index in [1.807, 2.05) is 24.3 Å². The average Bonchev–Trinajstić information content (AvgIpc) is 3.55. The maximum atomic E-state index is 13.5. The molecular weight excluding hydrogens is 469 g/mol. The number of amides is 1. The summed E-state index contributed by atoms with van der Waals surface area (Å²) in [5.74, 6) is 0.469. The van der Waals surface area contributed by atoms with Crippen molar-refractivity contribution < 1.29 is 9.18 Å². The van der Waals surface area contributed by atoms with Crippen LogP contribution in [-0.4, -0.2) is 36.0 Å². The van der Waals surface area contributed by atoms with Gasteiger partial charge in [0, 0.05) is 34.8 Å². The van der Waals surface area contributed by atoms with Crippen LogP contribution in [0.4, 0.5) is 10.1 Å². The Morgan fingerprint density at radius 1 is 0.892 bits per heavy atom. The van der Waals surface area contributed by atoms with Crippen molar-refractivity contribution in [3.63, 3.8) is 0 Å². The number of pyridine rings is 2. The second-order valence-electron chi connectivity index (χ2n) is 9.23. The lowest BCUT2D eigenvalue weighted by Gasteiger charge is -2.07. The number of benzene rings is 2. The number of halogens is 1. The minimum Gasteiger partial charge on any atom is -0.335 e. The summed E-state index contributed by atoms with van der Waals surface area (Å²) >= 11 is 0. The van der Waals surface area contributed by atoms with E-state index in [4.69, 9.17) is 4.98 Å². The molecule has 1 fully saturated rings. The van der Waals surface area contributed by atoms with Crippen molar-refractivity contribution >= 4 is 33.5 Å². The lowest BCUT2D eigenvalue weighted by Crippen LogP contribution is -2.13. The minimum atomic E-state index is -0.295. The van der Waals surface area contributed by atoms with Crippen molar-refractivity contribution in [2.75, 3.05) is 5.32 Å². The molecule has 0 bridgehead atoms. The molecule has 0 radical (unpaired) electrons. The van der Waals surface area contributed by atoms with E-state index >= 15 is 0 Å². The predicted octanol–water partition coefficient (Wildman–Crippen LogP) is 5.72. The van der Waals surface area contributed by atoms with Crippen molar-refractivity contribution in [2.24, 2.45) is 5.92 Å². The van der Waals surface area contributed by atoms with Crippen LogP contribution >= 0.6 is 0 Å². The number of carbonyl (C=O) groups is 1. The Morgan fingerprint density at radius 3 is 2.54 bits per heavy atom. The molecular formula is C28H20FN7O. The number of aromatic amines is 2. The van der Waals surface area contributed by atoms with Gasteiger partial charge in [0.15, 0.2) is 5.82 Å². The fourth-order valence-electron chi connectivity index (χ4n) is 4.52. The monoisotopic (exact) mass is 489 g/mol. The standard InChI is InChI=1S/C28H20FN7O/c29-19-6-3-15(4-7-19)22-13-31-14-24-25(22)34-27(33-24)26-21-10-17(5-8-23(21)35-36-26)18-9-20(12-30-11-18)32-28(37)16-1-2-16/h3-14,16H,1-2H2,(H,32,37)(H,33,34)(H,35,36). The molecule has 1 amide bonds. The van der Waals surface area contributed by atoms with Gasteiger partial charge in [-0.1, -0.05) is 18.2 Å². The number of nitrogens with one attached hydrogen (secondary N) is 3. The fourth-order valence-corrected chi connectivity index (χ4v) is 4.52. The first-order valence-corrected chi connectivity index (χ1v) is 12.0. The lowest BCUT2D eigenvalue weighted by molar-refractivity contribution is -0.117. The number of hydrogen-bond donors (Lipinski definition) is 3. The SMILES string of the molecule is O=C(Nc1cncc(-c2ccc3[nH]nc(-c4nc5c(-c6ccc(F)cc6)cncc5[nH]4)c3c2)c1)C1CC1. The largest absolute Gasteiger partial charge is 0.335 e. The van der Waals surface area contributed by atoms with Crippen LogP contribution in [-0.2, 0) is 4.79 Å². The van der Waals surface area contributed by atoms with Crippen LogP contribution < -0.4 is 5.32 Å². The summed E-state index contributed by atoms with van der Waals surface area (Å²) in [4.78, 5) is 29.0. The van der Waals surface area contributed by atoms with Crippen molar-refractivity contribution in [2.45, 2.75) is 12.8 Å².